The first-order chi connectivity index (χ1) is 19.3. The first-order valence-corrected chi connectivity index (χ1v) is 13.6. The quantitative estimate of drug-likeness (QED) is 0.370. The van der Waals surface area contributed by atoms with Crippen molar-refractivity contribution in [3.8, 4) is 0 Å². The number of rotatable bonds is 7. The lowest BCUT2D eigenvalue weighted by molar-refractivity contribution is -0.192. The smallest absolute Gasteiger partial charge is 0.475 e. The number of aliphatic carboxylic acids is 1. The molecule has 0 aromatic heterocycles. The summed E-state index contributed by atoms with van der Waals surface area (Å²) in [4.78, 5) is 65.1. The van der Waals surface area contributed by atoms with Gasteiger partial charge >= 0.3 is 18.1 Å². The normalized spacial score (nSPS) is 26.2. The summed E-state index contributed by atoms with van der Waals surface area (Å²) in [5.74, 6) is -5.47. The molecule has 3 fully saturated rings. The van der Waals surface area contributed by atoms with Crippen LogP contribution in [0, 0.1) is 17.8 Å². The number of carboxylic acids is 1. The molecule has 1 aromatic rings. The Hall–Kier alpha value is -3.48. The molecular weight excluding hydrogens is 547 g/mol. The van der Waals surface area contributed by atoms with Crippen molar-refractivity contribution in [1.82, 2.24) is 15.1 Å². The van der Waals surface area contributed by atoms with Gasteiger partial charge in [0, 0.05) is 25.6 Å². The van der Waals surface area contributed by atoms with Crippen LogP contribution in [0.4, 0.5) is 13.2 Å². The third-order valence-electron chi connectivity index (χ3n) is 8.18. The Labute approximate surface area is 236 Å². The number of nitrogens with zero attached hydrogens (tertiary/aromatic N) is 2. The van der Waals surface area contributed by atoms with Gasteiger partial charge in [0.15, 0.2) is 0 Å². The SMILES string of the molecule is CC[C@@]1(C(=O)OC)N[C@H](CN(C)C(=O)C2CCCCC2)[C@@H]2C(=O)N(Cc3ccccc3)C(=O)[C@@H]21.O=C(O)C(F)(F)F. The van der Waals surface area contributed by atoms with Crippen LogP contribution in [0.15, 0.2) is 30.3 Å². The zero-order valence-electron chi connectivity index (χ0n) is 23.3. The molecule has 2 saturated heterocycles. The summed E-state index contributed by atoms with van der Waals surface area (Å²) >= 11 is 0. The van der Waals surface area contributed by atoms with Crippen LogP contribution in [0.1, 0.15) is 51.0 Å². The van der Waals surface area contributed by atoms with Gasteiger partial charge in [-0.05, 0) is 24.8 Å². The third kappa shape index (κ3) is 6.71. The van der Waals surface area contributed by atoms with E-state index < -0.39 is 41.5 Å². The summed E-state index contributed by atoms with van der Waals surface area (Å²) in [6.07, 6.45) is 0.259. The van der Waals surface area contributed by atoms with Crippen LogP contribution in [0.5, 0.6) is 0 Å². The molecule has 41 heavy (non-hydrogen) atoms. The van der Waals surface area contributed by atoms with Gasteiger partial charge in [0.1, 0.15) is 5.54 Å². The number of likely N-dealkylation sites (N-methyl/N-ethyl adjacent to an activating group) is 1. The number of halogens is 3. The minimum atomic E-state index is -5.08. The molecule has 4 atom stereocenters. The lowest BCUT2D eigenvalue weighted by Crippen LogP contribution is -2.58. The maximum atomic E-state index is 13.6. The minimum absolute atomic E-state index is 0.00276. The van der Waals surface area contributed by atoms with Gasteiger partial charge in [-0.2, -0.15) is 13.2 Å². The van der Waals surface area contributed by atoms with Crippen molar-refractivity contribution in [3.05, 3.63) is 35.9 Å². The summed E-state index contributed by atoms with van der Waals surface area (Å²) < 4.78 is 36.8. The van der Waals surface area contributed by atoms with Crippen LogP contribution in [0.2, 0.25) is 0 Å². The van der Waals surface area contributed by atoms with E-state index in [0.29, 0.717) is 6.42 Å². The Kier molecular flexibility index (Phi) is 10.2. The van der Waals surface area contributed by atoms with E-state index in [1.807, 2.05) is 37.3 Å². The molecular formula is C28H36F3N3O7. The van der Waals surface area contributed by atoms with Crippen molar-refractivity contribution in [2.45, 2.75) is 69.8 Å². The molecule has 0 spiro atoms. The Bertz CT molecular complexity index is 1140. The highest BCUT2D eigenvalue weighted by Crippen LogP contribution is 2.45. The second-order valence-electron chi connectivity index (χ2n) is 10.7. The predicted octanol–water partition coefficient (Wildman–Crippen LogP) is 2.75. The molecule has 2 N–H and O–H groups in total. The number of alkyl halides is 3. The van der Waals surface area contributed by atoms with Crippen molar-refractivity contribution in [1.29, 1.82) is 0 Å². The third-order valence-corrected chi connectivity index (χ3v) is 8.18. The molecule has 1 saturated carbocycles. The molecule has 10 nitrogen and oxygen atoms in total. The standard InChI is InChI=1S/C26H35N3O5.C2HF3O2/c1-4-26(25(33)34-3)21-20(23(31)29(24(21)32)15-17-11-7-5-8-12-17)19(27-26)16-28(2)22(30)18-13-9-6-10-14-18;3-2(4,5)1(6)7/h5,7-8,11-12,18-21,27H,4,6,9-10,13-16H2,1-3H3;(H,6,7)/t19-,20+,21-,26-;/m1./s1. The molecule has 226 valence electrons. The molecule has 0 unspecified atom stereocenters. The average molecular weight is 584 g/mol. The Morgan fingerprint density at radius 2 is 1.68 bits per heavy atom. The van der Waals surface area contributed by atoms with Gasteiger partial charge in [-0.15, -0.1) is 0 Å². The average Bonchev–Trinajstić information content (AvgIpc) is 3.42. The zero-order valence-corrected chi connectivity index (χ0v) is 23.3. The van der Waals surface area contributed by atoms with E-state index >= 15 is 0 Å². The van der Waals surface area contributed by atoms with Gasteiger partial charge in [0.05, 0.1) is 25.5 Å². The molecule has 4 rings (SSSR count). The fourth-order valence-electron chi connectivity index (χ4n) is 6.15. The number of ether oxygens (including phenoxy) is 1. The number of likely N-dealkylation sites (tertiary alicyclic amines) is 1. The fourth-order valence-corrected chi connectivity index (χ4v) is 6.15. The number of esters is 1. The van der Waals surface area contributed by atoms with Crippen molar-refractivity contribution < 1.29 is 47.0 Å². The Morgan fingerprint density at radius 1 is 1.10 bits per heavy atom. The number of nitrogens with one attached hydrogen (secondary N) is 1. The number of methoxy groups -OCH3 is 1. The van der Waals surface area contributed by atoms with Crippen LogP contribution in [0.3, 0.4) is 0 Å². The largest absolute Gasteiger partial charge is 0.490 e. The minimum Gasteiger partial charge on any atom is -0.475 e. The number of amides is 3. The number of benzene rings is 1. The Balaban J connectivity index is 0.000000587. The number of hydrogen-bond acceptors (Lipinski definition) is 7. The van der Waals surface area contributed by atoms with Gasteiger partial charge in [-0.3, -0.25) is 29.4 Å². The monoisotopic (exact) mass is 583 g/mol. The maximum Gasteiger partial charge on any atom is 0.490 e. The van der Waals surface area contributed by atoms with E-state index in [0.717, 1.165) is 37.7 Å². The first-order valence-electron chi connectivity index (χ1n) is 13.6. The van der Waals surface area contributed by atoms with Gasteiger partial charge in [-0.25, -0.2) is 4.79 Å². The molecule has 13 heteroatoms. The molecule has 0 bridgehead atoms. The highest BCUT2D eigenvalue weighted by Gasteiger charge is 2.67. The number of hydrogen-bond donors (Lipinski definition) is 2. The van der Waals surface area contributed by atoms with Crippen LogP contribution < -0.4 is 5.32 Å². The van der Waals surface area contributed by atoms with E-state index in [2.05, 4.69) is 5.32 Å². The Morgan fingerprint density at radius 3 is 2.20 bits per heavy atom. The summed E-state index contributed by atoms with van der Waals surface area (Å²) in [7, 11) is 3.05. The topological polar surface area (TPSA) is 133 Å². The van der Waals surface area contributed by atoms with Crippen molar-refractivity contribution >= 4 is 29.7 Å². The molecule has 0 radical (unpaired) electrons. The number of imide groups is 1. The second-order valence-corrected chi connectivity index (χ2v) is 10.7. The van der Waals surface area contributed by atoms with Crippen molar-refractivity contribution in [3.63, 3.8) is 0 Å². The second kappa shape index (κ2) is 13.0. The number of carbonyl (C=O) groups excluding carboxylic acids is 4. The van der Waals surface area contributed by atoms with Gasteiger partial charge in [0.2, 0.25) is 17.7 Å². The molecule has 2 heterocycles. The van der Waals surface area contributed by atoms with Gasteiger partial charge in [-0.1, -0.05) is 56.5 Å². The van der Waals surface area contributed by atoms with Crippen molar-refractivity contribution in [2.24, 2.45) is 17.8 Å². The fraction of sp³-hybridized carbons (Fsp3) is 0.607. The van der Waals surface area contributed by atoms with E-state index in [1.165, 1.54) is 12.0 Å². The first kappa shape index (κ1) is 32.0. The summed E-state index contributed by atoms with van der Waals surface area (Å²) in [6.45, 7) is 2.24. The van der Waals surface area contributed by atoms with E-state index in [4.69, 9.17) is 14.6 Å². The van der Waals surface area contributed by atoms with E-state index in [-0.39, 0.29) is 36.7 Å². The van der Waals surface area contributed by atoms with Gasteiger partial charge < -0.3 is 14.7 Å². The summed E-state index contributed by atoms with van der Waals surface area (Å²) in [6, 6.07) is 8.83. The number of fused-ring (bicyclic) bond motifs is 1. The number of carbonyl (C=O) groups is 5. The van der Waals surface area contributed by atoms with Crippen molar-refractivity contribution in [2.75, 3.05) is 20.7 Å². The number of carboxylic acid groups (broad SMARTS) is 1. The molecule has 2 aliphatic heterocycles. The van der Waals surface area contributed by atoms with Crippen LogP contribution >= 0.6 is 0 Å². The van der Waals surface area contributed by atoms with Gasteiger partial charge in [0.25, 0.3) is 0 Å². The van der Waals surface area contributed by atoms with Crippen LogP contribution in [-0.4, -0.2) is 83.0 Å². The lowest BCUT2D eigenvalue weighted by Gasteiger charge is -2.33. The van der Waals surface area contributed by atoms with E-state index in [9.17, 15) is 32.3 Å². The molecule has 3 aliphatic rings. The van der Waals surface area contributed by atoms with Crippen LogP contribution in [0.25, 0.3) is 0 Å². The van der Waals surface area contributed by atoms with E-state index in [1.54, 1.807) is 11.9 Å². The zero-order chi connectivity index (χ0) is 30.5. The predicted molar refractivity (Wildman–Crippen MR) is 139 cm³/mol. The molecule has 1 aromatic carbocycles. The highest BCUT2D eigenvalue weighted by molar-refractivity contribution is 6.09. The maximum absolute atomic E-state index is 13.6. The lowest BCUT2D eigenvalue weighted by atomic mass is 9.78. The molecule has 3 amide bonds. The summed E-state index contributed by atoms with van der Waals surface area (Å²) in [5.41, 5.74) is -0.449. The highest BCUT2D eigenvalue weighted by atomic mass is 19.4. The van der Waals surface area contributed by atoms with Crippen LogP contribution in [-0.2, 0) is 35.3 Å². The molecule has 1 aliphatic carbocycles. The summed E-state index contributed by atoms with van der Waals surface area (Å²) in [5, 5.41) is 10.4.